The van der Waals surface area contributed by atoms with Crippen LogP contribution in [0.3, 0.4) is 0 Å². The molecular formula is C27H28O5S. The third-order valence-corrected chi connectivity index (χ3v) is 7.88. The third-order valence-electron chi connectivity index (χ3n) is 6.18. The molecule has 0 saturated carbocycles. The van der Waals surface area contributed by atoms with Gasteiger partial charge in [0.1, 0.15) is 17.6 Å². The van der Waals surface area contributed by atoms with Gasteiger partial charge in [0.15, 0.2) is 6.29 Å². The molecule has 3 aromatic rings. The van der Waals surface area contributed by atoms with Gasteiger partial charge >= 0.3 is 0 Å². The summed E-state index contributed by atoms with van der Waals surface area (Å²) >= 11 is 0. The summed E-state index contributed by atoms with van der Waals surface area (Å²) in [5.41, 5.74) is 1.52. The minimum Gasteiger partial charge on any atom is -0.370 e. The van der Waals surface area contributed by atoms with E-state index in [0.717, 1.165) is 16.0 Å². The third kappa shape index (κ3) is 4.95. The molecule has 2 aliphatic heterocycles. The quantitative estimate of drug-likeness (QED) is 0.522. The summed E-state index contributed by atoms with van der Waals surface area (Å²) in [7, 11) is -1.34. The highest BCUT2D eigenvalue weighted by Gasteiger charge is 2.50. The molecule has 0 bridgehead atoms. The smallest absolute Gasteiger partial charge is 0.184 e. The van der Waals surface area contributed by atoms with Gasteiger partial charge in [0.25, 0.3) is 0 Å². The molecular weight excluding hydrogens is 436 g/mol. The minimum absolute atomic E-state index is 0.148. The Balaban J connectivity index is 1.40. The lowest BCUT2D eigenvalue weighted by Gasteiger charge is -2.48. The van der Waals surface area contributed by atoms with Crippen LogP contribution in [0.4, 0.5) is 0 Å². The fraction of sp³-hybridized carbons (Fsp3) is 0.333. The van der Waals surface area contributed by atoms with E-state index in [4.69, 9.17) is 18.9 Å². The molecule has 4 unspecified atom stereocenters. The Morgan fingerprint density at radius 2 is 1.52 bits per heavy atom. The zero-order valence-electron chi connectivity index (χ0n) is 18.5. The predicted octanol–water partition coefficient (Wildman–Crippen LogP) is 4.85. The van der Waals surface area contributed by atoms with Crippen molar-refractivity contribution in [3.8, 4) is 0 Å². The second-order valence-corrected chi connectivity index (χ2v) is 9.98. The molecule has 2 heterocycles. The summed E-state index contributed by atoms with van der Waals surface area (Å²) in [5, 5.41) is 0. The second kappa shape index (κ2) is 10.3. The molecule has 33 heavy (non-hydrogen) atoms. The molecule has 0 radical (unpaired) electrons. The molecule has 0 spiro atoms. The average molecular weight is 465 g/mol. The Morgan fingerprint density at radius 1 is 0.879 bits per heavy atom. The van der Waals surface area contributed by atoms with Gasteiger partial charge in [0.05, 0.1) is 30.1 Å². The molecule has 0 aromatic heterocycles. The van der Waals surface area contributed by atoms with Crippen LogP contribution in [0.5, 0.6) is 0 Å². The molecule has 3 aromatic carbocycles. The first kappa shape index (κ1) is 22.4. The van der Waals surface area contributed by atoms with Crippen LogP contribution in [0.2, 0.25) is 0 Å². The standard InChI is InChI=1S/C27H28O5S/c1-19-24(29-17-20-11-5-2-6-12-20)25-23(18-30-26(32-25)21-13-7-3-8-14-21)31-27(19)33(28)22-15-9-4-10-16-22/h2-16,19,23-27H,17-18H2,1H3/t19?,23?,24-,25+,26?,27+,33?/m0/s1. The van der Waals surface area contributed by atoms with Gasteiger partial charge in [0, 0.05) is 16.4 Å². The predicted molar refractivity (Wildman–Crippen MR) is 126 cm³/mol. The summed E-state index contributed by atoms with van der Waals surface area (Å²) in [6.07, 6.45) is -1.47. The number of fused-ring (bicyclic) bond motifs is 1. The van der Waals surface area contributed by atoms with Gasteiger partial charge in [-0.15, -0.1) is 0 Å². The van der Waals surface area contributed by atoms with Crippen LogP contribution >= 0.6 is 0 Å². The lowest BCUT2D eigenvalue weighted by Crippen LogP contribution is -2.60. The molecule has 5 rings (SSSR count). The first-order chi connectivity index (χ1) is 16.2. The van der Waals surface area contributed by atoms with Crippen molar-refractivity contribution in [3.63, 3.8) is 0 Å². The van der Waals surface area contributed by atoms with Crippen LogP contribution in [0, 0.1) is 5.92 Å². The number of hydrogen-bond donors (Lipinski definition) is 0. The van der Waals surface area contributed by atoms with Gasteiger partial charge in [-0.25, -0.2) is 0 Å². The Kier molecular flexibility index (Phi) is 6.99. The normalized spacial score (nSPS) is 30.3. The van der Waals surface area contributed by atoms with Gasteiger partial charge < -0.3 is 18.9 Å². The fourth-order valence-electron chi connectivity index (χ4n) is 4.44. The summed E-state index contributed by atoms with van der Waals surface area (Å²) in [4.78, 5) is 0.745. The van der Waals surface area contributed by atoms with Crippen molar-refractivity contribution in [2.24, 2.45) is 5.92 Å². The number of benzene rings is 3. The zero-order chi connectivity index (χ0) is 22.6. The SMILES string of the molecule is CC1[C@H](OCc2ccccc2)[C@@H]2OC(c3ccccc3)OCC2O[C@@H]1S(=O)c1ccccc1. The van der Waals surface area contributed by atoms with Crippen molar-refractivity contribution in [3.05, 3.63) is 102 Å². The van der Waals surface area contributed by atoms with Crippen LogP contribution in [0.1, 0.15) is 24.3 Å². The highest BCUT2D eigenvalue weighted by Crippen LogP contribution is 2.39. The van der Waals surface area contributed by atoms with Crippen LogP contribution in [-0.4, -0.2) is 34.6 Å². The maximum Gasteiger partial charge on any atom is 0.184 e. The van der Waals surface area contributed by atoms with Crippen molar-refractivity contribution in [2.75, 3.05) is 6.61 Å². The highest BCUT2D eigenvalue weighted by atomic mass is 32.2. The monoisotopic (exact) mass is 464 g/mol. The number of hydrogen-bond acceptors (Lipinski definition) is 5. The van der Waals surface area contributed by atoms with Crippen molar-refractivity contribution in [1.29, 1.82) is 0 Å². The first-order valence-electron chi connectivity index (χ1n) is 11.3. The van der Waals surface area contributed by atoms with E-state index in [2.05, 4.69) is 0 Å². The molecule has 5 nitrogen and oxygen atoms in total. The van der Waals surface area contributed by atoms with Crippen molar-refractivity contribution in [2.45, 2.75) is 48.5 Å². The van der Waals surface area contributed by atoms with Crippen molar-refractivity contribution in [1.82, 2.24) is 0 Å². The largest absolute Gasteiger partial charge is 0.370 e. The van der Waals surface area contributed by atoms with E-state index in [1.807, 2.05) is 97.9 Å². The summed E-state index contributed by atoms with van der Waals surface area (Å²) < 4.78 is 38.7. The molecule has 172 valence electrons. The molecule has 7 atom stereocenters. The van der Waals surface area contributed by atoms with Gasteiger partial charge in [-0.2, -0.15) is 0 Å². The summed E-state index contributed by atoms with van der Waals surface area (Å²) in [6, 6.07) is 29.4. The highest BCUT2D eigenvalue weighted by molar-refractivity contribution is 7.85. The molecule has 0 N–H and O–H groups in total. The zero-order valence-corrected chi connectivity index (χ0v) is 19.3. The van der Waals surface area contributed by atoms with Gasteiger partial charge in [-0.05, 0) is 17.7 Å². The Hall–Kier alpha value is -2.35. The summed E-state index contributed by atoms with van der Waals surface area (Å²) in [5.74, 6) is -0.148. The maximum atomic E-state index is 13.4. The Labute approximate surface area is 197 Å². The molecule has 2 fully saturated rings. The minimum atomic E-state index is -1.34. The van der Waals surface area contributed by atoms with E-state index in [1.54, 1.807) is 0 Å². The molecule has 2 saturated heterocycles. The lowest BCUT2D eigenvalue weighted by molar-refractivity contribution is -0.318. The Morgan fingerprint density at radius 3 is 2.21 bits per heavy atom. The second-order valence-electron chi connectivity index (χ2n) is 8.45. The molecule has 6 heteroatoms. The van der Waals surface area contributed by atoms with E-state index in [9.17, 15) is 4.21 Å². The van der Waals surface area contributed by atoms with Gasteiger partial charge in [-0.1, -0.05) is 85.8 Å². The first-order valence-corrected chi connectivity index (χ1v) is 12.5. The van der Waals surface area contributed by atoms with Crippen LogP contribution in [0.15, 0.2) is 95.9 Å². The molecule has 2 aliphatic rings. The number of ether oxygens (including phenoxy) is 4. The van der Waals surface area contributed by atoms with Crippen LogP contribution < -0.4 is 0 Å². The van der Waals surface area contributed by atoms with Crippen LogP contribution in [0.25, 0.3) is 0 Å². The van der Waals surface area contributed by atoms with Crippen molar-refractivity contribution >= 4 is 10.8 Å². The average Bonchev–Trinajstić information content (AvgIpc) is 2.89. The van der Waals surface area contributed by atoms with E-state index in [0.29, 0.717) is 13.2 Å². The maximum absolute atomic E-state index is 13.4. The number of rotatable bonds is 6. The Bertz CT molecular complexity index is 1050. The van der Waals surface area contributed by atoms with Gasteiger partial charge in [-0.3, -0.25) is 4.21 Å². The van der Waals surface area contributed by atoms with Gasteiger partial charge in [0.2, 0.25) is 0 Å². The molecule has 0 aliphatic carbocycles. The fourth-order valence-corrected chi connectivity index (χ4v) is 5.92. The van der Waals surface area contributed by atoms with E-state index >= 15 is 0 Å². The van der Waals surface area contributed by atoms with E-state index in [1.165, 1.54) is 0 Å². The molecule has 0 amide bonds. The van der Waals surface area contributed by atoms with Crippen LogP contribution in [-0.2, 0) is 36.4 Å². The van der Waals surface area contributed by atoms with E-state index < -0.39 is 22.5 Å². The van der Waals surface area contributed by atoms with Crippen molar-refractivity contribution < 1.29 is 23.2 Å². The van der Waals surface area contributed by atoms with E-state index in [-0.39, 0.29) is 24.2 Å². The topological polar surface area (TPSA) is 54.0 Å². The lowest BCUT2D eigenvalue weighted by atomic mass is 9.92. The summed E-state index contributed by atoms with van der Waals surface area (Å²) in [6.45, 7) is 2.84.